The van der Waals surface area contributed by atoms with Crippen LogP contribution < -0.4 is 43.9 Å². The van der Waals surface area contributed by atoms with Crippen LogP contribution in [0.5, 0.6) is 5.75 Å². The summed E-state index contributed by atoms with van der Waals surface area (Å²) in [5.41, 5.74) is 11.2. The Morgan fingerprint density at radius 1 is 0.390 bits per heavy atom. The Morgan fingerprint density at radius 2 is 0.814 bits per heavy atom. The van der Waals surface area contributed by atoms with Gasteiger partial charge in [0.1, 0.15) is 48.0 Å². The van der Waals surface area contributed by atoms with Crippen molar-refractivity contribution in [2.75, 3.05) is 204 Å². The number of imidazole rings is 2. The number of para-hydroxylation sites is 1. The van der Waals surface area contributed by atoms with E-state index >= 15 is 0 Å². The van der Waals surface area contributed by atoms with Crippen LogP contribution in [0.2, 0.25) is 5.28 Å². The third-order valence-electron chi connectivity index (χ3n) is 24.3. The number of aromatic nitrogens is 13. The molecule has 0 bridgehead atoms. The van der Waals surface area contributed by atoms with Crippen LogP contribution in [0.3, 0.4) is 0 Å². The first kappa shape index (κ1) is 78.5. The minimum absolute atomic E-state index is 0.309. The number of morpholine rings is 4. The van der Waals surface area contributed by atoms with Gasteiger partial charge < -0.3 is 72.0 Å². The largest absolute Gasteiger partial charge is 0.497 e. The van der Waals surface area contributed by atoms with E-state index < -0.39 is 0 Å². The molecular weight excluding hydrogens is 1520 g/mol. The second-order valence-electron chi connectivity index (χ2n) is 31.9. The number of halogens is 1. The molecule has 118 heavy (non-hydrogen) atoms. The summed E-state index contributed by atoms with van der Waals surface area (Å²) >= 11 is 8.17. The molecule has 28 heteroatoms. The Balaban J connectivity index is 0.000000108. The van der Waals surface area contributed by atoms with E-state index in [-0.39, 0.29) is 0 Å². The number of thiazole rings is 1. The van der Waals surface area contributed by atoms with Crippen LogP contribution in [0.4, 0.5) is 46.0 Å². The lowest BCUT2D eigenvalue weighted by molar-refractivity contribution is 0.122. The van der Waals surface area contributed by atoms with Crippen LogP contribution in [0.25, 0.3) is 53.8 Å². The lowest BCUT2D eigenvalue weighted by atomic mass is 9.90. The fraction of sp³-hybridized carbons (Fsp3) is 0.433. The summed E-state index contributed by atoms with van der Waals surface area (Å²) in [5.74, 6) is 7.13. The van der Waals surface area contributed by atoms with Gasteiger partial charge in [0.05, 0.1) is 110 Å². The van der Waals surface area contributed by atoms with Crippen molar-refractivity contribution in [1.82, 2.24) is 64.0 Å². The van der Waals surface area contributed by atoms with Gasteiger partial charge in [0.15, 0.2) is 0 Å². The fourth-order valence-electron chi connectivity index (χ4n) is 18.2. The maximum absolute atomic E-state index is 6.34. The lowest BCUT2D eigenvalue weighted by Gasteiger charge is -2.34. The van der Waals surface area contributed by atoms with E-state index in [1.165, 1.54) is 64.4 Å². The van der Waals surface area contributed by atoms with Crippen molar-refractivity contribution in [3.05, 3.63) is 194 Å². The van der Waals surface area contributed by atoms with Crippen molar-refractivity contribution >= 4 is 123 Å². The molecular formula is C90H104ClN21O5S. The van der Waals surface area contributed by atoms with Crippen molar-refractivity contribution in [2.45, 2.75) is 76.3 Å². The highest BCUT2D eigenvalue weighted by atomic mass is 35.5. The van der Waals surface area contributed by atoms with Gasteiger partial charge in [-0.05, 0) is 177 Å². The maximum atomic E-state index is 6.34. The summed E-state index contributed by atoms with van der Waals surface area (Å²) in [6.45, 7) is 23.6. The fourth-order valence-corrected chi connectivity index (χ4v) is 19.5. The summed E-state index contributed by atoms with van der Waals surface area (Å²) in [5, 5.41) is 6.02. The van der Waals surface area contributed by atoms with Crippen LogP contribution in [0, 0.1) is 11.8 Å². The molecule has 0 N–H and O–H groups in total. The molecule has 26 nitrogen and oxygen atoms in total. The van der Waals surface area contributed by atoms with Crippen molar-refractivity contribution < 1.29 is 23.7 Å². The normalized spacial score (nSPS) is 20.2. The molecule has 0 saturated carbocycles. The molecule has 21 rings (SSSR count). The highest BCUT2D eigenvalue weighted by Crippen LogP contribution is 2.40. The second kappa shape index (κ2) is 37.5. The number of nitrogens with zero attached hydrogens (tertiary/aromatic N) is 21. The van der Waals surface area contributed by atoms with Gasteiger partial charge in [0.2, 0.25) is 5.28 Å². The highest BCUT2D eigenvalue weighted by molar-refractivity contribution is 7.18. The SMILES string of the molecule is COc1cccc(C2CCCN(c3ncnc4cc(N5CCOCC5)ccc34)C2)c1.Clc1nc(N2CCCC(Cn3ccnc3)C2)c2ccc(N3CCOCC3)cc2n1.c1ccc2sc(C3CCCN(c4ncnc5cc(N6CCOCC6)ccc45)C3)nc2c1.c1cn(CC2CCCN(c3ncnc4cc(N5CCOCC5)ccc34)C2)cn1. The molecule has 0 aliphatic carbocycles. The van der Waals surface area contributed by atoms with E-state index in [9.17, 15) is 0 Å². The molecule has 0 amide bonds. The van der Waals surface area contributed by atoms with Gasteiger partial charge in [-0.25, -0.2) is 49.8 Å². The lowest BCUT2D eigenvalue weighted by Crippen LogP contribution is -2.37. The summed E-state index contributed by atoms with van der Waals surface area (Å²) < 4.78 is 33.0. The first-order valence-corrected chi connectivity index (χ1v) is 43.4. The number of hydrogen-bond acceptors (Lipinski definition) is 25. The van der Waals surface area contributed by atoms with Gasteiger partial charge in [-0.2, -0.15) is 4.98 Å². The van der Waals surface area contributed by atoms with Crippen molar-refractivity contribution in [2.24, 2.45) is 11.8 Å². The summed E-state index contributed by atoms with van der Waals surface area (Å²) in [4.78, 5) is 69.3. The van der Waals surface area contributed by atoms with Gasteiger partial charge in [-0.1, -0.05) is 24.3 Å². The molecule has 8 saturated heterocycles. The molecule has 8 fully saturated rings. The zero-order valence-corrected chi connectivity index (χ0v) is 68.9. The molecule has 13 aromatic rings. The number of piperidine rings is 4. The third kappa shape index (κ3) is 18.6. The van der Waals surface area contributed by atoms with E-state index in [2.05, 4.69) is 203 Å². The molecule has 0 radical (unpaired) electrons. The van der Waals surface area contributed by atoms with Crippen LogP contribution in [-0.2, 0) is 32.0 Å². The Hall–Kier alpha value is -10.7. The summed E-state index contributed by atoms with van der Waals surface area (Å²) in [6.07, 6.45) is 26.2. The van der Waals surface area contributed by atoms with Crippen molar-refractivity contribution in [3.63, 3.8) is 0 Å². The molecule has 8 aliphatic rings. The Bertz CT molecular complexity index is 5440. The van der Waals surface area contributed by atoms with Crippen LogP contribution in [0.1, 0.15) is 73.8 Å². The number of rotatable bonds is 15. The quantitative estimate of drug-likeness (QED) is 0.0870. The molecule has 6 aromatic carbocycles. The smallest absolute Gasteiger partial charge is 0.224 e. The molecule has 4 atom stereocenters. The van der Waals surface area contributed by atoms with Crippen LogP contribution in [0.15, 0.2) is 178 Å². The zero-order valence-electron chi connectivity index (χ0n) is 67.3. The zero-order chi connectivity index (χ0) is 79.4. The molecule has 612 valence electrons. The summed E-state index contributed by atoms with van der Waals surface area (Å²) in [6, 6.07) is 43.1. The number of fused-ring (bicyclic) bond motifs is 5. The number of benzene rings is 6. The van der Waals surface area contributed by atoms with Gasteiger partial charge >= 0.3 is 0 Å². The Morgan fingerprint density at radius 3 is 1.27 bits per heavy atom. The molecule has 8 aliphatic heterocycles. The molecule has 4 unspecified atom stereocenters. The second-order valence-corrected chi connectivity index (χ2v) is 33.3. The van der Waals surface area contributed by atoms with Gasteiger partial charge in [0, 0.05) is 199 Å². The van der Waals surface area contributed by atoms with Crippen molar-refractivity contribution in [1.29, 1.82) is 0 Å². The molecule has 15 heterocycles. The highest BCUT2D eigenvalue weighted by Gasteiger charge is 2.31. The van der Waals surface area contributed by atoms with E-state index in [1.54, 1.807) is 26.1 Å². The van der Waals surface area contributed by atoms with Crippen LogP contribution >= 0.6 is 22.9 Å². The number of hydrogen-bond donors (Lipinski definition) is 0. The predicted octanol–water partition coefficient (Wildman–Crippen LogP) is 14.1. The van der Waals surface area contributed by atoms with Gasteiger partial charge in [-0.3, -0.25) is 0 Å². The topological polar surface area (TPSA) is 224 Å². The molecule has 7 aromatic heterocycles. The number of methoxy groups -OCH3 is 1. The van der Waals surface area contributed by atoms with E-state index in [0.717, 1.165) is 274 Å². The average molecular weight is 1630 g/mol. The first-order chi connectivity index (χ1) is 58.3. The third-order valence-corrected chi connectivity index (χ3v) is 25.7. The minimum Gasteiger partial charge on any atom is -0.497 e. The van der Waals surface area contributed by atoms with E-state index in [1.807, 2.05) is 54.8 Å². The number of ether oxygens (including phenoxy) is 5. The predicted molar refractivity (Wildman–Crippen MR) is 471 cm³/mol. The first-order valence-electron chi connectivity index (χ1n) is 42.2. The average Bonchev–Trinajstić information content (AvgIpc) is 0.989. The minimum atomic E-state index is 0.309. The van der Waals surface area contributed by atoms with Gasteiger partial charge in [-0.15, -0.1) is 11.3 Å². The van der Waals surface area contributed by atoms with Crippen LogP contribution in [-0.4, -0.2) is 229 Å². The number of anilines is 8. The monoisotopic (exact) mass is 1630 g/mol. The van der Waals surface area contributed by atoms with E-state index in [4.69, 9.17) is 50.2 Å². The van der Waals surface area contributed by atoms with E-state index in [0.29, 0.717) is 29.0 Å². The summed E-state index contributed by atoms with van der Waals surface area (Å²) in [7, 11) is 1.73. The molecule has 0 spiro atoms. The Kier molecular flexibility index (Phi) is 24.9. The van der Waals surface area contributed by atoms with Crippen molar-refractivity contribution in [3.8, 4) is 5.75 Å². The Labute approximate surface area is 697 Å². The maximum Gasteiger partial charge on any atom is 0.224 e. The standard InChI is InChI=1S/C24H25N5OS.C24H28N4O2.C21H25ClN6O.C21H26N6O/c1-2-6-22-20(5-1)27-24(31-22)17-4-3-9-29(15-17)23-19-8-7-18(14-21(19)25-16-26-23)28-10-12-30-13-11-28;1-29-21-6-2-4-18(14-21)19-5-3-9-28(16-19)24-22-8-7-20(15-23(22)25-17-26-24)27-10-12-30-13-11-27;22-21-24-19-12-17(27-8-10-29-11-9-27)3-4-18(19)20(25-21)28-6-1-2-16(14-28)13-26-7-5-23-15-26;1-2-17(13-25-7-5-22-16-25)14-27(6-1)21-19-4-3-18(12-20(19)23-15-24-21)26-8-10-28-11-9-26/h1-2,5-8,14,16-17H,3-4,9-13,15H2;2,4,6-8,14-15,17,19H,3,5,9-13,16H2,1H3;3-5,7,12,15-16H,1-2,6,8-11,13-14H2;3-5,7,12,15-17H,1-2,6,8-11,13-14H2. The van der Waals surface area contributed by atoms with Gasteiger partial charge in [0.25, 0.3) is 0 Å².